The second-order valence-corrected chi connectivity index (χ2v) is 4.24. The molecule has 0 saturated heterocycles. The van der Waals surface area contributed by atoms with Gasteiger partial charge in [-0.05, 0) is 23.4 Å². The van der Waals surface area contributed by atoms with Crippen LogP contribution in [-0.2, 0) is 13.0 Å². The number of halogens is 1. The van der Waals surface area contributed by atoms with Gasteiger partial charge >= 0.3 is 0 Å². The number of rotatable bonds is 0. The lowest BCUT2D eigenvalue weighted by atomic mass is 10.0. The van der Waals surface area contributed by atoms with Crippen LogP contribution in [0.15, 0.2) is 30.5 Å². The van der Waals surface area contributed by atoms with Gasteiger partial charge in [0.25, 0.3) is 0 Å². The fourth-order valence-corrected chi connectivity index (χ4v) is 2.49. The molecule has 0 radical (unpaired) electrons. The molecule has 1 aromatic heterocycles. The van der Waals surface area contributed by atoms with Crippen molar-refractivity contribution in [1.82, 2.24) is 4.57 Å². The lowest BCUT2D eigenvalue weighted by Crippen LogP contribution is -2.18. The number of alkyl halides is 1. The molecule has 0 spiro atoms. The van der Waals surface area contributed by atoms with Crippen LogP contribution in [0.25, 0.3) is 10.9 Å². The second-order valence-electron chi connectivity index (χ2n) is 3.62. The van der Waals surface area contributed by atoms with Gasteiger partial charge < -0.3 is 4.57 Å². The summed E-state index contributed by atoms with van der Waals surface area (Å²) in [5.74, 6) is 0. The predicted molar refractivity (Wildman–Crippen MR) is 55.3 cm³/mol. The molecule has 1 unspecified atom stereocenters. The first-order valence-electron chi connectivity index (χ1n) is 4.55. The fraction of sp³-hybridized carbons (Fsp3) is 0.273. The molecule has 0 N–H and O–H groups in total. The van der Waals surface area contributed by atoms with Crippen molar-refractivity contribution in [2.45, 2.75) is 18.3 Å². The quantitative estimate of drug-likeness (QED) is 0.565. The van der Waals surface area contributed by atoms with E-state index in [0.29, 0.717) is 0 Å². The van der Waals surface area contributed by atoms with Gasteiger partial charge in [-0.25, -0.2) is 0 Å². The highest BCUT2D eigenvalue weighted by atomic mass is 35.5. The largest absolute Gasteiger partial charge is 0.346 e. The number of benzene rings is 1. The number of nitrogens with zero attached hydrogens (tertiary/aromatic N) is 1. The van der Waals surface area contributed by atoms with E-state index in [1.54, 1.807) is 0 Å². The second kappa shape index (κ2) is 2.52. The van der Waals surface area contributed by atoms with Crippen molar-refractivity contribution in [1.29, 1.82) is 0 Å². The van der Waals surface area contributed by atoms with Crippen LogP contribution in [0.2, 0.25) is 0 Å². The predicted octanol–water partition coefficient (Wildman–Crippen LogP) is 2.80. The zero-order valence-corrected chi connectivity index (χ0v) is 7.96. The van der Waals surface area contributed by atoms with Gasteiger partial charge in [0.05, 0.1) is 10.9 Å². The topological polar surface area (TPSA) is 4.93 Å². The molecule has 66 valence electrons. The van der Waals surface area contributed by atoms with Crippen molar-refractivity contribution in [2.75, 3.05) is 0 Å². The third kappa shape index (κ3) is 1.00. The molecule has 1 aliphatic heterocycles. The molecule has 0 saturated carbocycles. The number of hydrogen-bond acceptors (Lipinski definition) is 0. The molecule has 0 bridgehead atoms. The molecule has 2 aromatic rings. The maximum atomic E-state index is 6.17. The highest BCUT2D eigenvalue weighted by Gasteiger charge is 2.17. The van der Waals surface area contributed by atoms with Crippen molar-refractivity contribution in [3.8, 4) is 0 Å². The van der Waals surface area contributed by atoms with Crippen LogP contribution in [-0.4, -0.2) is 9.94 Å². The number of aromatic nitrogens is 1. The average Bonchev–Trinajstić information content (AvgIpc) is 2.50. The summed E-state index contributed by atoms with van der Waals surface area (Å²) in [7, 11) is 0. The standard InChI is InChI=1S/C11H10ClN/c12-10-6-9-3-1-2-8-4-5-13(7-10)11(8)9/h1-5,10H,6-7H2. The van der Waals surface area contributed by atoms with Gasteiger partial charge in [0.2, 0.25) is 0 Å². The summed E-state index contributed by atoms with van der Waals surface area (Å²) in [5.41, 5.74) is 2.76. The van der Waals surface area contributed by atoms with Crippen molar-refractivity contribution >= 4 is 22.5 Å². The van der Waals surface area contributed by atoms with Gasteiger partial charge in [0, 0.05) is 12.7 Å². The van der Waals surface area contributed by atoms with Crippen molar-refractivity contribution < 1.29 is 0 Å². The molecule has 0 aliphatic carbocycles. The third-order valence-electron chi connectivity index (χ3n) is 2.71. The lowest BCUT2D eigenvalue weighted by Gasteiger charge is -2.19. The summed E-state index contributed by atoms with van der Waals surface area (Å²) < 4.78 is 2.26. The van der Waals surface area contributed by atoms with Crippen molar-refractivity contribution in [3.05, 3.63) is 36.0 Å². The van der Waals surface area contributed by atoms with Crippen LogP contribution < -0.4 is 0 Å². The van der Waals surface area contributed by atoms with E-state index in [4.69, 9.17) is 11.6 Å². The maximum Gasteiger partial charge on any atom is 0.0556 e. The Morgan fingerprint density at radius 3 is 3.15 bits per heavy atom. The van der Waals surface area contributed by atoms with Gasteiger partial charge in [-0.2, -0.15) is 0 Å². The van der Waals surface area contributed by atoms with Crippen molar-refractivity contribution in [3.63, 3.8) is 0 Å². The summed E-state index contributed by atoms with van der Waals surface area (Å²) in [6, 6.07) is 8.60. The molecule has 2 heteroatoms. The Balaban J connectivity index is 2.38. The highest BCUT2D eigenvalue weighted by Crippen LogP contribution is 2.27. The van der Waals surface area contributed by atoms with Crippen molar-refractivity contribution in [2.24, 2.45) is 0 Å². The van der Waals surface area contributed by atoms with E-state index in [1.165, 1.54) is 16.5 Å². The molecule has 3 rings (SSSR count). The van der Waals surface area contributed by atoms with Crippen LogP contribution in [0.1, 0.15) is 5.56 Å². The first-order valence-corrected chi connectivity index (χ1v) is 4.99. The van der Waals surface area contributed by atoms with Crippen LogP contribution in [0.3, 0.4) is 0 Å². The van der Waals surface area contributed by atoms with Crippen LogP contribution in [0.5, 0.6) is 0 Å². The minimum Gasteiger partial charge on any atom is -0.346 e. The Bertz CT molecular complexity index is 458. The van der Waals surface area contributed by atoms with Crippen LogP contribution in [0, 0.1) is 0 Å². The smallest absolute Gasteiger partial charge is 0.0556 e. The monoisotopic (exact) mass is 191 g/mol. The lowest BCUT2D eigenvalue weighted by molar-refractivity contribution is 0.644. The molecule has 0 fully saturated rings. The van der Waals surface area contributed by atoms with E-state index in [9.17, 15) is 0 Å². The first-order chi connectivity index (χ1) is 6.34. The van der Waals surface area contributed by atoms with Gasteiger partial charge in [0.1, 0.15) is 0 Å². The minimum atomic E-state index is 0.255. The van der Waals surface area contributed by atoms with Gasteiger partial charge in [-0.15, -0.1) is 11.6 Å². The zero-order chi connectivity index (χ0) is 8.84. The SMILES string of the molecule is ClC1Cc2cccc3ccn(c23)C1. The van der Waals surface area contributed by atoms with E-state index in [1.807, 2.05) is 0 Å². The molecule has 13 heavy (non-hydrogen) atoms. The Labute approximate surface area is 81.9 Å². The summed E-state index contributed by atoms with van der Waals surface area (Å²) in [5, 5.41) is 1.59. The van der Waals surface area contributed by atoms with E-state index in [-0.39, 0.29) is 5.38 Å². The third-order valence-corrected chi connectivity index (χ3v) is 3.00. The normalized spacial score (nSPS) is 20.8. The number of para-hydroxylation sites is 1. The number of hydrogen-bond donors (Lipinski definition) is 0. The van der Waals surface area contributed by atoms with E-state index < -0.39 is 0 Å². The summed E-state index contributed by atoms with van der Waals surface area (Å²) in [6.45, 7) is 0.946. The summed E-state index contributed by atoms with van der Waals surface area (Å²) in [4.78, 5) is 0. The molecule has 2 heterocycles. The Kier molecular flexibility index (Phi) is 1.44. The van der Waals surface area contributed by atoms with Crippen LogP contribution in [0.4, 0.5) is 0 Å². The molecule has 1 aliphatic rings. The Morgan fingerprint density at radius 2 is 2.23 bits per heavy atom. The average molecular weight is 192 g/mol. The molecule has 0 amide bonds. The molecule has 1 nitrogen and oxygen atoms in total. The summed E-state index contributed by atoms with van der Waals surface area (Å²) >= 11 is 6.17. The maximum absolute atomic E-state index is 6.17. The molecular formula is C11H10ClN. The Morgan fingerprint density at radius 1 is 1.31 bits per heavy atom. The van der Waals surface area contributed by atoms with E-state index in [0.717, 1.165) is 13.0 Å². The van der Waals surface area contributed by atoms with Gasteiger partial charge in [-0.3, -0.25) is 0 Å². The minimum absolute atomic E-state index is 0.255. The highest BCUT2D eigenvalue weighted by molar-refractivity contribution is 6.21. The zero-order valence-electron chi connectivity index (χ0n) is 7.20. The van der Waals surface area contributed by atoms with E-state index in [2.05, 4.69) is 35.0 Å². The fourth-order valence-electron chi connectivity index (χ4n) is 2.17. The molecule has 1 atom stereocenters. The van der Waals surface area contributed by atoms with E-state index >= 15 is 0 Å². The molecule has 1 aromatic carbocycles. The molecular weight excluding hydrogens is 182 g/mol. The van der Waals surface area contributed by atoms with Gasteiger partial charge in [-0.1, -0.05) is 18.2 Å². The van der Waals surface area contributed by atoms with Gasteiger partial charge in [0.15, 0.2) is 0 Å². The first kappa shape index (κ1) is 7.45. The van der Waals surface area contributed by atoms with Crippen LogP contribution >= 0.6 is 11.6 Å². The summed E-state index contributed by atoms with van der Waals surface area (Å²) in [6.07, 6.45) is 3.13. The Hall–Kier alpha value is -0.950.